The van der Waals surface area contributed by atoms with E-state index in [0.717, 1.165) is 28.3 Å². The minimum absolute atomic E-state index is 0.171. The van der Waals surface area contributed by atoms with Crippen LogP contribution in [0, 0.1) is 0 Å². The Kier molecular flexibility index (Phi) is 13.5. The van der Waals surface area contributed by atoms with Gasteiger partial charge in [0, 0.05) is 0 Å². The summed E-state index contributed by atoms with van der Waals surface area (Å²) in [4.78, 5) is 25.4. The molecule has 4 aromatic carbocycles. The van der Waals surface area contributed by atoms with Crippen LogP contribution in [0.5, 0.6) is 0 Å². The maximum Gasteiger partial charge on any atom is 0.354 e. The molecule has 4 aromatic rings. The average molecular weight is 668 g/mol. The van der Waals surface area contributed by atoms with E-state index in [1.807, 2.05) is 121 Å². The maximum absolute atomic E-state index is 13.0. The summed E-state index contributed by atoms with van der Waals surface area (Å²) >= 11 is 0. The van der Waals surface area contributed by atoms with Gasteiger partial charge >= 0.3 is 11.9 Å². The van der Waals surface area contributed by atoms with E-state index in [1.54, 1.807) is 0 Å². The highest BCUT2D eigenvalue weighted by Crippen LogP contribution is 2.31. The lowest BCUT2D eigenvalue weighted by Crippen LogP contribution is -2.65. The zero-order valence-corrected chi connectivity index (χ0v) is 27.5. The lowest BCUT2D eigenvalue weighted by Gasteiger charge is -2.46. The number of hydrogen-bond acceptors (Lipinski definition) is 10. The van der Waals surface area contributed by atoms with Gasteiger partial charge in [0.2, 0.25) is 0 Å². The molecule has 0 aliphatic carbocycles. The number of benzene rings is 4. The molecule has 1 heterocycles. The van der Waals surface area contributed by atoms with E-state index in [-0.39, 0.29) is 32.1 Å². The van der Waals surface area contributed by atoms with Crippen molar-refractivity contribution >= 4 is 11.9 Å². The molecule has 5 rings (SSSR count). The van der Waals surface area contributed by atoms with Crippen molar-refractivity contribution < 1.29 is 42.7 Å². The molecule has 10 heteroatoms. The van der Waals surface area contributed by atoms with Crippen LogP contribution in [-0.2, 0) is 69.2 Å². The number of nitrogens with one attached hydrogen (secondary N) is 1. The van der Waals surface area contributed by atoms with Crippen LogP contribution in [-0.4, -0.2) is 57.0 Å². The van der Waals surface area contributed by atoms with Crippen LogP contribution >= 0.6 is 0 Å². The Morgan fingerprint density at radius 3 is 1.41 bits per heavy atom. The van der Waals surface area contributed by atoms with Gasteiger partial charge in [0.05, 0.1) is 46.7 Å². The molecule has 1 aliphatic heterocycles. The van der Waals surface area contributed by atoms with E-state index in [9.17, 15) is 9.59 Å². The summed E-state index contributed by atoms with van der Waals surface area (Å²) in [6, 6.07) is 37.8. The Labute approximate surface area is 286 Å². The van der Waals surface area contributed by atoms with Gasteiger partial charge in [0.1, 0.15) is 23.9 Å². The second kappa shape index (κ2) is 18.6. The lowest BCUT2D eigenvalue weighted by atomic mass is 9.99. The largest absolute Gasteiger partial charge is 0.466 e. The van der Waals surface area contributed by atoms with Gasteiger partial charge in [-0.05, 0) is 22.3 Å². The number of methoxy groups -OCH3 is 2. The summed E-state index contributed by atoms with van der Waals surface area (Å²) in [5.41, 5.74) is 3.50. The zero-order valence-electron chi connectivity index (χ0n) is 27.5. The predicted molar refractivity (Wildman–Crippen MR) is 180 cm³/mol. The van der Waals surface area contributed by atoms with Crippen molar-refractivity contribution in [3.63, 3.8) is 0 Å². The number of carbonyl (C=O) groups is 2. The first-order chi connectivity index (χ1) is 24.0. The third kappa shape index (κ3) is 10.6. The van der Waals surface area contributed by atoms with Crippen molar-refractivity contribution in [3.8, 4) is 0 Å². The summed E-state index contributed by atoms with van der Waals surface area (Å²) in [7, 11) is 2.44. The van der Waals surface area contributed by atoms with Crippen molar-refractivity contribution in [1.82, 2.24) is 5.32 Å². The normalized spacial score (nSPS) is 20.7. The standard InChI is InChI=1S/C39H41NO9/c1-43-33(41)23-32(37(42)44-2)40-34-35(45-24-28-15-7-3-8-16-28)36(46-25-29-17-9-4-10-18-29)39(48-27-31-21-13-6-14-22-31)49-38(34)47-26-30-19-11-5-12-20-30/h3-23,34-36,38-40H,24-27H2,1-2H3/b32-23-/t34-,35-,36+,38+,39+/m1/s1. The Balaban J connectivity index is 1.54. The first-order valence-corrected chi connectivity index (χ1v) is 16.0. The summed E-state index contributed by atoms with van der Waals surface area (Å²) in [5.74, 6) is -1.55. The van der Waals surface area contributed by atoms with Gasteiger partial charge in [-0.2, -0.15) is 0 Å². The first kappa shape index (κ1) is 35.5. The maximum atomic E-state index is 13.0. The van der Waals surface area contributed by atoms with Crippen LogP contribution < -0.4 is 5.32 Å². The van der Waals surface area contributed by atoms with Crippen LogP contribution in [0.3, 0.4) is 0 Å². The van der Waals surface area contributed by atoms with Gasteiger partial charge in [0.15, 0.2) is 12.6 Å². The van der Waals surface area contributed by atoms with Crippen molar-refractivity contribution in [1.29, 1.82) is 0 Å². The Morgan fingerprint density at radius 1 is 0.571 bits per heavy atom. The molecular weight excluding hydrogens is 626 g/mol. The molecular formula is C39H41NO9. The predicted octanol–water partition coefficient (Wildman–Crippen LogP) is 5.46. The van der Waals surface area contributed by atoms with Crippen molar-refractivity contribution in [2.24, 2.45) is 0 Å². The fourth-order valence-corrected chi connectivity index (χ4v) is 5.27. The average Bonchev–Trinajstić information content (AvgIpc) is 3.16. The molecule has 1 saturated heterocycles. The van der Waals surface area contributed by atoms with Gasteiger partial charge in [-0.15, -0.1) is 0 Å². The minimum atomic E-state index is -1.05. The SMILES string of the molecule is COC(=O)/C=C(\N[C@H]1[C@@H](OCc2ccccc2)O[C@H](OCc2ccccc2)[C@@H](OCc2ccccc2)[C@@H]1OCc1ccccc1)C(=O)OC. The zero-order chi connectivity index (χ0) is 34.3. The van der Waals surface area contributed by atoms with E-state index >= 15 is 0 Å². The molecule has 0 saturated carbocycles. The number of ether oxygens (including phenoxy) is 7. The molecule has 49 heavy (non-hydrogen) atoms. The van der Waals surface area contributed by atoms with Crippen molar-refractivity contribution in [2.45, 2.75) is 57.3 Å². The minimum Gasteiger partial charge on any atom is -0.466 e. The van der Waals surface area contributed by atoms with Crippen LogP contribution in [0.1, 0.15) is 22.3 Å². The first-order valence-electron chi connectivity index (χ1n) is 16.0. The molecule has 0 unspecified atom stereocenters. The summed E-state index contributed by atoms with van der Waals surface area (Å²) in [6.07, 6.45) is -2.67. The summed E-state index contributed by atoms with van der Waals surface area (Å²) < 4.78 is 42.5. The molecule has 5 atom stereocenters. The molecule has 1 fully saturated rings. The van der Waals surface area contributed by atoms with Gasteiger partial charge < -0.3 is 38.5 Å². The van der Waals surface area contributed by atoms with Crippen LogP contribution in [0.2, 0.25) is 0 Å². The molecule has 0 aromatic heterocycles. The number of hydrogen-bond donors (Lipinski definition) is 1. The van der Waals surface area contributed by atoms with E-state index < -0.39 is 42.8 Å². The van der Waals surface area contributed by atoms with E-state index in [4.69, 9.17) is 33.2 Å². The Hall–Kier alpha value is -4.84. The number of rotatable bonds is 16. The molecule has 1 N–H and O–H groups in total. The van der Waals surface area contributed by atoms with Gasteiger partial charge in [0.25, 0.3) is 0 Å². The Morgan fingerprint density at radius 2 is 0.980 bits per heavy atom. The van der Waals surface area contributed by atoms with Gasteiger partial charge in [-0.25, -0.2) is 9.59 Å². The van der Waals surface area contributed by atoms with E-state index in [2.05, 4.69) is 5.32 Å². The number of esters is 2. The van der Waals surface area contributed by atoms with Crippen LogP contribution in [0.25, 0.3) is 0 Å². The lowest BCUT2D eigenvalue weighted by molar-refractivity contribution is -0.345. The molecule has 0 bridgehead atoms. The molecule has 0 radical (unpaired) electrons. The highest BCUT2D eigenvalue weighted by molar-refractivity contribution is 5.95. The van der Waals surface area contributed by atoms with Crippen LogP contribution in [0.15, 0.2) is 133 Å². The third-order valence-corrected chi connectivity index (χ3v) is 7.78. The Bertz CT molecular complexity index is 1600. The highest BCUT2D eigenvalue weighted by Gasteiger charge is 2.49. The second-order valence-electron chi connectivity index (χ2n) is 11.2. The summed E-state index contributed by atoms with van der Waals surface area (Å²) in [5, 5.41) is 3.14. The van der Waals surface area contributed by atoms with E-state index in [1.165, 1.54) is 14.2 Å². The van der Waals surface area contributed by atoms with E-state index in [0.29, 0.717) is 0 Å². The second-order valence-corrected chi connectivity index (χ2v) is 11.2. The van der Waals surface area contributed by atoms with Gasteiger partial charge in [-0.3, -0.25) is 0 Å². The van der Waals surface area contributed by atoms with Gasteiger partial charge in [-0.1, -0.05) is 121 Å². The number of carbonyl (C=O) groups excluding carboxylic acids is 2. The molecule has 0 amide bonds. The third-order valence-electron chi connectivity index (χ3n) is 7.78. The smallest absolute Gasteiger partial charge is 0.354 e. The monoisotopic (exact) mass is 667 g/mol. The quantitative estimate of drug-likeness (QED) is 0.122. The van der Waals surface area contributed by atoms with Crippen molar-refractivity contribution in [3.05, 3.63) is 155 Å². The highest BCUT2D eigenvalue weighted by atomic mass is 16.8. The molecule has 10 nitrogen and oxygen atoms in total. The fraction of sp³-hybridized carbons (Fsp3) is 0.282. The van der Waals surface area contributed by atoms with Crippen molar-refractivity contribution in [2.75, 3.05) is 14.2 Å². The molecule has 0 spiro atoms. The molecule has 256 valence electrons. The topological polar surface area (TPSA) is 111 Å². The fourth-order valence-electron chi connectivity index (χ4n) is 5.27. The summed E-state index contributed by atoms with van der Waals surface area (Å²) in [6.45, 7) is 0.806. The van der Waals surface area contributed by atoms with Crippen LogP contribution in [0.4, 0.5) is 0 Å². The molecule has 1 aliphatic rings.